The lowest BCUT2D eigenvalue weighted by molar-refractivity contribution is 0.182. The number of hydrogen-bond acceptors (Lipinski definition) is 7. The maximum Gasteiger partial charge on any atom is 0.266 e. The van der Waals surface area contributed by atoms with Crippen LogP contribution in [0.2, 0.25) is 0 Å². The van der Waals surface area contributed by atoms with Crippen LogP contribution in [-0.2, 0) is 11.3 Å². The minimum atomic E-state index is -0.178. The quantitative estimate of drug-likeness (QED) is 0.823. The molecule has 0 aliphatic carbocycles. The van der Waals surface area contributed by atoms with Crippen molar-refractivity contribution in [2.75, 3.05) is 19.5 Å². The van der Waals surface area contributed by atoms with E-state index < -0.39 is 0 Å². The molecule has 2 aromatic rings. The summed E-state index contributed by atoms with van der Waals surface area (Å²) in [7, 11) is 1.57. The van der Waals surface area contributed by atoms with Gasteiger partial charge in [0.25, 0.3) is 5.56 Å². The first-order chi connectivity index (χ1) is 8.20. The Morgan fingerprint density at radius 3 is 2.94 bits per heavy atom. The number of anilines is 1. The Kier molecular flexibility index (Phi) is 3.45. The van der Waals surface area contributed by atoms with Crippen molar-refractivity contribution in [2.45, 2.75) is 6.54 Å². The smallest absolute Gasteiger partial charge is 0.266 e. The summed E-state index contributed by atoms with van der Waals surface area (Å²) < 4.78 is 6.24. The van der Waals surface area contributed by atoms with Gasteiger partial charge in [-0.1, -0.05) is 11.3 Å². The minimum absolute atomic E-state index is 0.178. The second kappa shape index (κ2) is 5.02. The van der Waals surface area contributed by atoms with Gasteiger partial charge in [-0.25, -0.2) is 4.68 Å². The van der Waals surface area contributed by atoms with Crippen molar-refractivity contribution in [3.63, 3.8) is 0 Å². The SMILES string of the molecule is COCCn1nc(-c2nnc(N)s2)ccc1=O. The molecule has 2 rings (SSSR count). The van der Waals surface area contributed by atoms with Crippen LogP contribution in [-0.4, -0.2) is 33.7 Å². The van der Waals surface area contributed by atoms with Crippen LogP contribution in [0.15, 0.2) is 16.9 Å². The van der Waals surface area contributed by atoms with E-state index in [1.54, 1.807) is 13.2 Å². The largest absolute Gasteiger partial charge is 0.383 e. The Morgan fingerprint density at radius 1 is 1.47 bits per heavy atom. The molecule has 0 aromatic carbocycles. The van der Waals surface area contributed by atoms with Gasteiger partial charge in [-0.05, 0) is 6.07 Å². The van der Waals surface area contributed by atoms with E-state index in [-0.39, 0.29) is 5.56 Å². The molecule has 0 amide bonds. The van der Waals surface area contributed by atoms with Crippen molar-refractivity contribution in [2.24, 2.45) is 0 Å². The van der Waals surface area contributed by atoms with Crippen LogP contribution in [0.3, 0.4) is 0 Å². The monoisotopic (exact) mass is 253 g/mol. The van der Waals surface area contributed by atoms with E-state index in [0.29, 0.717) is 29.0 Å². The zero-order valence-electron chi connectivity index (χ0n) is 9.16. The summed E-state index contributed by atoms with van der Waals surface area (Å²) in [5, 5.41) is 12.7. The van der Waals surface area contributed by atoms with Crippen LogP contribution in [0.5, 0.6) is 0 Å². The Morgan fingerprint density at radius 2 is 2.29 bits per heavy atom. The summed E-state index contributed by atoms with van der Waals surface area (Å²) in [4.78, 5) is 11.5. The fraction of sp³-hybridized carbons (Fsp3) is 0.333. The fourth-order valence-corrected chi connectivity index (χ4v) is 1.81. The fourth-order valence-electron chi connectivity index (χ4n) is 1.24. The van der Waals surface area contributed by atoms with E-state index in [2.05, 4.69) is 15.3 Å². The van der Waals surface area contributed by atoms with E-state index in [1.807, 2.05) is 0 Å². The van der Waals surface area contributed by atoms with E-state index in [0.717, 1.165) is 0 Å². The van der Waals surface area contributed by atoms with Crippen molar-refractivity contribution in [3.05, 3.63) is 22.5 Å². The summed E-state index contributed by atoms with van der Waals surface area (Å²) in [6.45, 7) is 0.825. The molecule has 0 saturated carbocycles. The predicted octanol–water partition coefficient (Wildman–Crippen LogP) is -0.00960. The molecule has 8 heteroatoms. The molecule has 0 bridgehead atoms. The van der Waals surface area contributed by atoms with Gasteiger partial charge in [0.05, 0.1) is 13.2 Å². The van der Waals surface area contributed by atoms with Gasteiger partial charge in [0, 0.05) is 13.2 Å². The van der Waals surface area contributed by atoms with Gasteiger partial charge in [0.15, 0.2) is 5.01 Å². The van der Waals surface area contributed by atoms with Crippen molar-refractivity contribution in [1.29, 1.82) is 0 Å². The molecule has 0 aliphatic heterocycles. The minimum Gasteiger partial charge on any atom is -0.383 e. The Hall–Kier alpha value is -1.80. The standard InChI is InChI=1S/C9H11N5O2S/c1-16-5-4-14-7(15)3-2-6(13-14)8-11-12-9(10)17-8/h2-3H,4-5H2,1H3,(H2,10,12). The number of nitrogens with zero attached hydrogens (tertiary/aromatic N) is 4. The molecule has 0 spiro atoms. The average Bonchev–Trinajstić information content (AvgIpc) is 2.75. The molecule has 0 unspecified atom stereocenters. The van der Waals surface area contributed by atoms with Crippen LogP contribution in [0.25, 0.3) is 10.7 Å². The molecule has 0 atom stereocenters. The number of ether oxygens (including phenoxy) is 1. The van der Waals surface area contributed by atoms with Gasteiger partial charge in [0.1, 0.15) is 5.69 Å². The van der Waals surface area contributed by atoms with Gasteiger partial charge < -0.3 is 10.5 Å². The number of rotatable bonds is 4. The molecular weight excluding hydrogens is 242 g/mol. The summed E-state index contributed by atoms with van der Waals surface area (Å²) >= 11 is 1.23. The lowest BCUT2D eigenvalue weighted by atomic mass is 10.4. The molecule has 0 fully saturated rings. The second-order valence-corrected chi connectivity index (χ2v) is 4.23. The third-order valence-electron chi connectivity index (χ3n) is 2.03. The molecule has 0 saturated heterocycles. The van der Waals surface area contributed by atoms with Crippen LogP contribution >= 0.6 is 11.3 Å². The first kappa shape index (κ1) is 11.7. The van der Waals surface area contributed by atoms with Crippen molar-refractivity contribution in [3.8, 4) is 10.7 Å². The van der Waals surface area contributed by atoms with Crippen LogP contribution in [0, 0.1) is 0 Å². The number of methoxy groups -OCH3 is 1. The lowest BCUT2D eigenvalue weighted by Crippen LogP contribution is -2.24. The topological polar surface area (TPSA) is 95.9 Å². The summed E-state index contributed by atoms with van der Waals surface area (Å²) in [5.74, 6) is 0. The Bertz CT molecular complexity index is 565. The Labute approximate surface area is 101 Å². The van der Waals surface area contributed by atoms with Gasteiger partial charge in [0.2, 0.25) is 5.13 Å². The summed E-state index contributed by atoms with van der Waals surface area (Å²) in [5.41, 5.74) is 5.89. The van der Waals surface area contributed by atoms with Crippen molar-refractivity contribution in [1.82, 2.24) is 20.0 Å². The molecule has 2 N–H and O–H groups in total. The van der Waals surface area contributed by atoms with E-state index in [4.69, 9.17) is 10.5 Å². The molecular formula is C9H11N5O2S. The highest BCUT2D eigenvalue weighted by Gasteiger charge is 2.08. The number of nitrogens with two attached hydrogens (primary N) is 1. The second-order valence-electron chi connectivity index (χ2n) is 3.22. The van der Waals surface area contributed by atoms with Crippen molar-refractivity contribution < 1.29 is 4.74 Å². The lowest BCUT2D eigenvalue weighted by Gasteiger charge is -2.04. The molecule has 90 valence electrons. The summed E-state index contributed by atoms with van der Waals surface area (Å²) in [6, 6.07) is 3.04. The first-order valence-electron chi connectivity index (χ1n) is 4.87. The normalized spacial score (nSPS) is 10.6. The zero-order chi connectivity index (χ0) is 12.3. The number of aromatic nitrogens is 4. The third-order valence-corrected chi connectivity index (χ3v) is 2.81. The molecule has 17 heavy (non-hydrogen) atoms. The third kappa shape index (κ3) is 2.66. The summed E-state index contributed by atoms with van der Waals surface area (Å²) in [6.07, 6.45) is 0. The van der Waals surface area contributed by atoms with Crippen LogP contribution in [0.1, 0.15) is 0 Å². The maximum absolute atomic E-state index is 11.5. The highest BCUT2D eigenvalue weighted by atomic mass is 32.1. The maximum atomic E-state index is 11.5. The molecule has 0 radical (unpaired) electrons. The number of nitrogen functional groups attached to an aromatic ring is 1. The molecule has 0 aliphatic rings. The predicted molar refractivity (Wildman–Crippen MR) is 63.7 cm³/mol. The van der Waals surface area contributed by atoms with E-state index in [1.165, 1.54) is 22.1 Å². The van der Waals surface area contributed by atoms with Crippen LogP contribution < -0.4 is 11.3 Å². The Balaban J connectivity index is 2.33. The van der Waals surface area contributed by atoms with Crippen molar-refractivity contribution >= 4 is 16.5 Å². The van der Waals surface area contributed by atoms with E-state index in [9.17, 15) is 4.79 Å². The van der Waals surface area contributed by atoms with Crippen LogP contribution in [0.4, 0.5) is 5.13 Å². The highest BCUT2D eigenvalue weighted by Crippen LogP contribution is 2.21. The number of hydrogen-bond donors (Lipinski definition) is 1. The molecule has 2 heterocycles. The zero-order valence-corrected chi connectivity index (χ0v) is 9.98. The van der Waals surface area contributed by atoms with Gasteiger partial charge in [-0.3, -0.25) is 4.79 Å². The van der Waals surface area contributed by atoms with Gasteiger partial charge in [-0.2, -0.15) is 5.10 Å². The molecule has 2 aromatic heterocycles. The average molecular weight is 253 g/mol. The highest BCUT2D eigenvalue weighted by molar-refractivity contribution is 7.18. The first-order valence-corrected chi connectivity index (χ1v) is 5.69. The molecule has 7 nitrogen and oxygen atoms in total. The van der Waals surface area contributed by atoms with Gasteiger partial charge in [-0.15, -0.1) is 10.2 Å². The van der Waals surface area contributed by atoms with Gasteiger partial charge >= 0.3 is 0 Å². The van der Waals surface area contributed by atoms with E-state index >= 15 is 0 Å².